The normalized spacial score (nSPS) is 15.0. The molecule has 0 bridgehead atoms. The van der Waals surface area contributed by atoms with E-state index < -0.39 is 21.3 Å². The molecule has 0 radical (unpaired) electrons. The van der Waals surface area contributed by atoms with Crippen molar-refractivity contribution in [1.82, 2.24) is 9.71 Å². The van der Waals surface area contributed by atoms with Gasteiger partial charge in [-0.05, 0) is 25.5 Å². The largest absolute Gasteiger partial charge is 0.392 e. The number of thiocarbonyl (C=S) groups is 1. The topological polar surface area (TPSA) is 85.1 Å². The van der Waals surface area contributed by atoms with E-state index in [4.69, 9.17) is 18.0 Å². The maximum absolute atomic E-state index is 12.1. The number of aromatic nitrogens is 1. The summed E-state index contributed by atoms with van der Waals surface area (Å²) in [6.45, 7) is 3.46. The van der Waals surface area contributed by atoms with Crippen LogP contribution in [0.1, 0.15) is 32.0 Å². The van der Waals surface area contributed by atoms with Crippen molar-refractivity contribution in [2.45, 2.75) is 31.6 Å². The molecule has 0 aromatic carbocycles. The summed E-state index contributed by atoms with van der Waals surface area (Å²) in [6, 6.07) is 4.92. The van der Waals surface area contributed by atoms with E-state index in [0.717, 1.165) is 0 Å². The van der Waals surface area contributed by atoms with Gasteiger partial charge in [-0.15, -0.1) is 0 Å². The molecule has 0 saturated carbocycles. The average Bonchev–Trinajstić information content (AvgIpc) is 2.29. The van der Waals surface area contributed by atoms with Gasteiger partial charge in [0.25, 0.3) is 0 Å². The molecule has 1 aromatic rings. The molecule has 7 heteroatoms. The predicted molar refractivity (Wildman–Crippen MR) is 75.6 cm³/mol. The third-order valence-electron chi connectivity index (χ3n) is 2.54. The van der Waals surface area contributed by atoms with Crippen LogP contribution < -0.4 is 10.5 Å². The first-order valence-corrected chi connectivity index (χ1v) is 7.55. The van der Waals surface area contributed by atoms with Crippen LogP contribution in [0.4, 0.5) is 0 Å². The molecule has 1 rings (SSSR count). The van der Waals surface area contributed by atoms with Crippen molar-refractivity contribution < 1.29 is 8.42 Å². The van der Waals surface area contributed by atoms with Crippen LogP contribution in [-0.4, -0.2) is 23.6 Å². The molecule has 0 aliphatic heterocycles. The molecule has 2 atom stereocenters. The highest BCUT2D eigenvalue weighted by Gasteiger charge is 2.28. The van der Waals surface area contributed by atoms with Gasteiger partial charge in [0.2, 0.25) is 10.0 Å². The molecule has 5 nitrogen and oxygen atoms in total. The van der Waals surface area contributed by atoms with E-state index in [-0.39, 0.29) is 4.99 Å². The number of pyridine rings is 1. The number of nitrogens with zero attached hydrogens (tertiary/aromatic N) is 1. The monoisotopic (exact) mass is 287 g/mol. The molecular formula is C11H17N3O2S2. The Morgan fingerprint density at radius 1 is 1.56 bits per heavy atom. The van der Waals surface area contributed by atoms with Crippen molar-refractivity contribution in [3.63, 3.8) is 0 Å². The zero-order valence-electron chi connectivity index (χ0n) is 10.3. The summed E-state index contributed by atoms with van der Waals surface area (Å²) in [5, 5.41) is -0.848. The van der Waals surface area contributed by atoms with Gasteiger partial charge in [-0.25, -0.2) is 13.1 Å². The minimum atomic E-state index is -3.58. The highest BCUT2D eigenvalue weighted by atomic mass is 32.2. The molecule has 0 saturated heterocycles. The lowest BCUT2D eigenvalue weighted by Gasteiger charge is -2.19. The smallest absolute Gasteiger partial charge is 0.221 e. The first-order valence-electron chi connectivity index (χ1n) is 5.60. The van der Waals surface area contributed by atoms with Crippen LogP contribution >= 0.6 is 12.2 Å². The fourth-order valence-corrected chi connectivity index (χ4v) is 3.66. The SMILES string of the molecule is CCC(C(N)=S)S(=O)(=O)NC(C)c1ccccn1. The summed E-state index contributed by atoms with van der Waals surface area (Å²) in [7, 11) is -3.58. The van der Waals surface area contributed by atoms with Gasteiger partial charge < -0.3 is 5.73 Å². The summed E-state index contributed by atoms with van der Waals surface area (Å²) in [4.78, 5) is 4.09. The number of hydrogen-bond donors (Lipinski definition) is 2. The van der Waals surface area contributed by atoms with Gasteiger partial charge in [-0.3, -0.25) is 4.98 Å². The van der Waals surface area contributed by atoms with Crippen molar-refractivity contribution in [3.8, 4) is 0 Å². The first kappa shape index (κ1) is 15.0. The average molecular weight is 287 g/mol. The maximum atomic E-state index is 12.1. The van der Waals surface area contributed by atoms with Crippen LogP contribution in [0.3, 0.4) is 0 Å². The molecular weight excluding hydrogens is 270 g/mol. The molecule has 0 amide bonds. The van der Waals surface area contributed by atoms with Crippen molar-refractivity contribution in [2.75, 3.05) is 0 Å². The Morgan fingerprint density at radius 3 is 2.67 bits per heavy atom. The Labute approximate surface area is 113 Å². The van der Waals surface area contributed by atoms with Crippen molar-refractivity contribution >= 4 is 27.2 Å². The van der Waals surface area contributed by atoms with Crippen LogP contribution in [0, 0.1) is 0 Å². The van der Waals surface area contributed by atoms with Crippen LogP contribution in [0.25, 0.3) is 0 Å². The van der Waals surface area contributed by atoms with Gasteiger partial charge in [-0.1, -0.05) is 25.2 Å². The second-order valence-electron chi connectivity index (χ2n) is 3.94. The Morgan fingerprint density at radius 2 is 2.22 bits per heavy atom. The van der Waals surface area contributed by atoms with Crippen LogP contribution in [0.15, 0.2) is 24.4 Å². The van der Waals surface area contributed by atoms with Crippen LogP contribution in [-0.2, 0) is 10.0 Å². The van der Waals surface area contributed by atoms with Gasteiger partial charge >= 0.3 is 0 Å². The summed E-state index contributed by atoms with van der Waals surface area (Å²) >= 11 is 4.78. The Bertz CT molecular complexity index is 502. The van der Waals surface area contributed by atoms with Crippen molar-refractivity contribution in [1.29, 1.82) is 0 Å². The molecule has 0 aliphatic carbocycles. The van der Waals surface area contributed by atoms with E-state index in [2.05, 4.69) is 9.71 Å². The second-order valence-corrected chi connectivity index (χ2v) is 6.30. The van der Waals surface area contributed by atoms with Gasteiger partial charge in [-0.2, -0.15) is 0 Å². The minimum Gasteiger partial charge on any atom is -0.392 e. The predicted octanol–water partition coefficient (Wildman–Crippen LogP) is 1.13. The molecule has 18 heavy (non-hydrogen) atoms. The molecule has 2 unspecified atom stereocenters. The third kappa shape index (κ3) is 3.72. The summed E-state index contributed by atoms with van der Waals surface area (Å²) < 4.78 is 26.7. The second kappa shape index (κ2) is 6.21. The van der Waals surface area contributed by atoms with Gasteiger partial charge in [0, 0.05) is 6.20 Å². The van der Waals surface area contributed by atoms with Gasteiger partial charge in [0.1, 0.15) is 5.25 Å². The summed E-state index contributed by atoms with van der Waals surface area (Å²) in [6.07, 6.45) is 1.96. The molecule has 100 valence electrons. The number of hydrogen-bond acceptors (Lipinski definition) is 4. The number of nitrogens with one attached hydrogen (secondary N) is 1. The minimum absolute atomic E-state index is 0.0155. The third-order valence-corrected chi connectivity index (χ3v) is 4.99. The highest BCUT2D eigenvalue weighted by Crippen LogP contribution is 2.13. The lowest BCUT2D eigenvalue weighted by atomic mass is 10.2. The number of rotatable bonds is 6. The van der Waals surface area contributed by atoms with Gasteiger partial charge in [0.15, 0.2) is 0 Å². The van der Waals surface area contributed by atoms with Crippen LogP contribution in [0.5, 0.6) is 0 Å². The first-order chi connectivity index (χ1) is 8.38. The van der Waals surface area contributed by atoms with Crippen molar-refractivity contribution in [2.24, 2.45) is 5.73 Å². The van der Waals surface area contributed by atoms with Gasteiger partial charge in [0.05, 0.1) is 16.7 Å². The quantitative estimate of drug-likeness (QED) is 0.766. The maximum Gasteiger partial charge on any atom is 0.221 e. The lowest BCUT2D eigenvalue weighted by molar-refractivity contribution is 0.557. The molecule has 0 fully saturated rings. The zero-order chi connectivity index (χ0) is 13.8. The number of sulfonamides is 1. The summed E-state index contributed by atoms with van der Waals surface area (Å²) in [5.41, 5.74) is 6.10. The zero-order valence-corrected chi connectivity index (χ0v) is 12.0. The number of nitrogens with two attached hydrogens (primary N) is 1. The van der Waals surface area contributed by atoms with E-state index in [1.807, 2.05) is 0 Å². The van der Waals surface area contributed by atoms with E-state index in [0.29, 0.717) is 12.1 Å². The van der Waals surface area contributed by atoms with E-state index in [1.54, 1.807) is 38.2 Å². The Hall–Kier alpha value is -1.05. The molecule has 1 heterocycles. The molecule has 1 aromatic heterocycles. The fraction of sp³-hybridized carbons (Fsp3) is 0.455. The van der Waals surface area contributed by atoms with E-state index in [1.165, 1.54) is 0 Å². The Balaban J connectivity index is 2.87. The Kier molecular flexibility index (Phi) is 5.18. The molecule has 0 aliphatic rings. The lowest BCUT2D eigenvalue weighted by Crippen LogP contribution is -2.42. The fourth-order valence-electron chi connectivity index (χ4n) is 1.59. The van der Waals surface area contributed by atoms with Crippen LogP contribution in [0.2, 0.25) is 0 Å². The molecule has 0 spiro atoms. The van der Waals surface area contributed by atoms with E-state index >= 15 is 0 Å². The highest BCUT2D eigenvalue weighted by molar-refractivity contribution is 7.93. The van der Waals surface area contributed by atoms with E-state index in [9.17, 15) is 8.42 Å². The molecule has 3 N–H and O–H groups in total. The summed E-state index contributed by atoms with van der Waals surface area (Å²) in [5.74, 6) is 0. The van der Waals surface area contributed by atoms with Crippen molar-refractivity contribution in [3.05, 3.63) is 30.1 Å². The standard InChI is InChI=1S/C11H17N3O2S2/c1-3-10(11(12)17)18(15,16)14-8(2)9-6-4-5-7-13-9/h4-8,10,14H,3H2,1-2H3,(H2,12,17).